The van der Waals surface area contributed by atoms with Crippen LogP contribution in [0.1, 0.15) is 46.5 Å². The molecule has 2 aliphatic heterocycles. The number of carbonyl (C=O) groups excluding carboxylic acids is 1. The lowest BCUT2D eigenvalue weighted by Gasteiger charge is -2.35. The van der Waals surface area contributed by atoms with E-state index in [4.69, 9.17) is 4.74 Å². The summed E-state index contributed by atoms with van der Waals surface area (Å²) >= 11 is 0. The van der Waals surface area contributed by atoms with Gasteiger partial charge in [-0.1, -0.05) is 0 Å². The van der Waals surface area contributed by atoms with Crippen LogP contribution in [0.4, 0.5) is 0 Å². The fourth-order valence-electron chi connectivity index (χ4n) is 3.81. The molecule has 20 heavy (non-hydrogen) atoms. The number of rotatable bonds is 4. The van der Waals surface area contributed by atoms with Crippen LogP contribution in [-0.2, 0) is 9.53 Å². The van der Waals surface area contributed by atoms with E-state index >= 15 is 0 Å². The first-order valence-corrected chi connectivity index (χ1v) is 7.56. The van der Waals surface area contributed by atoms with E-state index in [9.17, 15) is 15.0 Å². The molecule has 0 aromatic carbocycles. The lowest BCUT2D eigenvalue weighted by molar-refractivity contribution is -0.167. The highest BCUT2D eigenvalue weighted by molar-refractivity contribution is 5.82. The lowest BCUT2D eigenvalue weighted by atomic mass is 9.88. The minimum absolute atomic E-state index is 0.0509. The number of hydrogen-bond donors (Lipinski definition) is 2. The van der Waals surface area contributed by atoms with E-state index in [0.717, 1.165) is 19.4 Å². The van der Waals surface area contributed by atoms with Crippen molar-refractivity contribution in [3.8, 4) is 0 Å². The Balaban J connectivity index is 2.22. The highest BCUT2D eigenvalue weighted by Crippen LogP contribution is 2.47. The van der Waals surface area contributed by atoms with E-state index in [0.29, 0.717) is 12.8 Å². The zero-order chi connectivity index (χ0) is 15.0. The van der Waals surface area contributed by atoms with Crippen molar-refractivity contribution in [1.29, 1.82) is 0 Å². The SMILES string of the molecule is CC(C)(C)OC(=O)[C@@]12CCCN1[C@@H](CCO)[C@@H](CO)C2. The summed E-state index contributed by atoms with van der Waals surface area (Å²) in [6.07, 6.45) is 3.01. The largest absolute Gasteiger partial charge is 0.459 e. The number of ether oxygens (including phenoxy) is 1. The van der Waals surface area contributed by atoms with Gasteiger partial charge in [0, 0.05) is 19.3 Å². The van der Waals surface area contributed by atoms with Gasteiger partial charge >= 0.3 is 5.97 Å². The number of fused-ring (bicyclic) bond motifs is 1. The Morgan fingerprint density at radius 1 is 1.40 bits per heavy atom. The van der Waals surface area contributed by atoms with Crippen molar-refractivity contribution in [3.63, 3.8) is 0 Å². The second-order valence-corrected chi connectivity index (χ2v) is 7.06. The maximum atomic E-state index is 12.7. The van der Waals surface area contributed by atoms with E-state index in [-0.39, 0.29) is 31.1 Å². The number of aliphatic hydroxyl groups is 2. The number of aliphatic hydroxyl groups excluding tert-OH is 2. The van der Waals surface area contributed by atoms with E-state index < -0.39 is 11.1 Å². The van der Waals surface area contributed by atoms with Gasteiger partial charge in [-0.25, -0.2) is 0 Å². The Kier molecular flexibility index (Phi) is 4.42. The van der Waals surface area contributed by atoms with Crippen molar-refractivity contribution in [2.75, 3.05) is 19.8 Å². The zero-order valence-corrected chi connectivity index (χ0v) is 12.8. The monoisotopic (exact) mass is 285 g/mol. The molecule has 5 nitrogen and oxygen atoms in total. The van der Waals surface area contributed by atoms with Crippen LogP contribution in [0.3, 0.4) is 0 Å². The molecule has 0 aromatic heterocycles. The maximum absolute atomic E-state index is 12.7. The summed E-state index contributed by atoms with van der Waals surface area (Å²) in [5.41, 5.74) is -1.08. The minimum Gasteiger partial charge on any atom is -0.459 e. The first kappa shape index (κ1) is 15.7. The molecule has 2 rings (SSSR count). The van der Waals surface area contributed by atoms with E-state index in [1.807, 2.05) is 20.8 Å². The summed E-state index contributed by atoms with van der Waals surface area (Å²) in [5, 5.41) is 18.8. The molecule has 0 spiro atoms. The Bertz CT molecular complexity index is 365. The normalized spacial score (nSPS) is 34.2. The average molecular weight is 285 g/mol. The van der Waals surface area contributed by atoms with E-state index in [2.05, 4.69) is 4.90 Å². The van der Waals surface area contributed by atoms with Crippen molar-refractivity contribution < 1.29 is 19.7 Å². The Labute approximate surface area is 120 Å². The topological polar surface area (TPSA) is 70.0 Å². The highest BCUT2D eigenvalue weighted by Gasteiger charge is 2.58. The highest BCUT2D eigenvalue weighted by atomic mass is 16.6. The number of esters is 1. The molecule has 0 bridgehead atoms. The predicted octanol–water partition coefficient (Wildman–Crippen LogP) is 0.926. The summed E-state index contributed by atoms with van der Waals surface area (Å²) in [7, 11) is 0. The molecule has 116 valence electrons. The molecule has 0 radical (unpaired) electrons. The Hall–Kier alpha value is -0.650. The Morgan fingerprint density at radius 3 is 2.65 bits per heavy atom. The molecule has 0 unspecified atom stereocenters. The van der Waals surface area contributed by atoms with Gasteiger partial charge in [-0.3, -0.25) is 9.69 Å². The summed E-state index contributed by atoms with van der Waals surface area (Å²) in [6, 6.07) is 0.0834. The zero-order valence-electron chi connectivity index (χ0n) is 12.8. The van der Waals surface area contributed by atoms with Gasteiger partial charge < -0.3 is 14.9 Å². The van der Waals surface area contributed by atoms with Gasteiger partial charge in [0.05, 0.1) is 0 Å². The van der Waals surface area contributed by atoms with Crippen molar-refractivity contribution in [2.24, 2.45) is 5.92 Å². The minimum atomic E-state index is -0.583. The van der Waals surface area contributed by atoms with Gasteiger partial charge in [0.25, 0.3) is 0 Å². The molecular formula is C15H27NO4. The molecule has 2 aliphatic rings. The molecule has 3 atom stereocenters. The number of carbonyl (C=O) groups is 1. The van der Waals surface area contributed by atoms with Crippen molar-refractivity contribution in [3.05, 3.63) is 0 Å². The van der Waals surface area contributed by atoms with Crippen LogP contribution in [0.2, 0.25) is 0 Å². The smallest absolute Gasteiger partial charge is 0.327 e. The van der Waals surface area contributed by atoms with Crippen molar-refractivity contribution in [1.82, 2.24) is 4.90 Å². The molecule has 0 amide bonds. The second-order valence-electron chi connectivity index (χ2n) is 7.06. The third-order valence-corrected chi connectivity index (χ3v) is 4.52. The molecule has 0 aromatic rings. The van der Waals surface area contributed by atoms with Crippen LogP contribution >= 0.6 is 0 Å². The first-order chi connectivity index (χ1) is 9.34. The fourth-order valence-corrected chi connectivity index (χ4v) is 3.81. The molecule has 2 fully saturated rings. The van der Waals surface area contributed by atoms with Crippen LogP contribution in [0.15, 0.2) is 0 Å². The summed E-state index contributed by atoms with van der Waals surface area (Å²) in [5.74, 6) is -0.114. The van der Waals surface area contributed by atoms with Gasteiger partial charge in [-0.05, 0) is 58.9 Å². The maximum Gasteiger partial charge on any atom is 0.327 e. The van der Waals surface area contributed by atoms with Crippen LogP contribution in [-0.4, -0.2) is 58.0 Å². The van der Waals surface area contributed by atoms with Gasteiger partial charge in [0.1, 0.15) is 11.1 Å². The van der Waals surface area contributed by atoms with Crippen molar-refractivity contribution in [2.45, 2.75) is 63.6 Å². The molecule has 2 saturated heterocycles. The molecular weight excluding hydrogens is 258 g/mol. The quantitative estimate of drug-likeness (QED) is 0.752. The summed E-state index contributed by atoms with van der Waals surface area (Å²) in [4.78, 5) is 14.8. The van der Waals surface area contributed by atoms with Gasteiger partial charge in [-0.2, -0.15) is 0 Å². The van der Waals surface area contributed by atoms with Crippen LogP contribution in [0, 0.1) is 5.92 Å². The van der Waals surface area contributed by atoms with Gasteiger partial charge in [-0.15, -0.1) is 0 Å². The number of nitrogens with zero attached hydrogens (tertiary/aromatic N) is 1. The summed E-state index contributed by atoms with van der Waals surface area (Å²) < 4.78 is 5.62. The van der Waals surface area contributed by atoms with E-state index in [1.54, 1.807) is 0 Å². The number of hydrogen-bond acceptors (Lipinski definition) is 5. The average Bonchev–Trinajstić information content (AvgIpc) is 2.86. The Morgan fingerprint density at radius 2 is 2.10 bits per heavy atom. The fraction of sp³-hybridized carbons (Fsp3) is 0.933. The third-order valence-electron chi connectivity index (χ3n) is 4.52. The first-order valence-electron chi connectivity index (χ1n) is 7.56. The van der Waals surface area contributed by atoms with Gasteiger partial charge in [0.2, 0.25) is 0 Å². The van der Waals surface area contributed by atoms with Crippen molar-refractivity contribution >= 4 is 5.97 Å². The summed E-state index contributed by atoms with van der Waals surface area (Å²) in [6.45, 7) is 6.63. The molecule has 2 heterocycles. The second kappa shape index (κ2) is 5.62. The molecule has 5 heteroatoms. The molecule has 0 aliphatic carbocycles. The third kappa shape index (κ3) is 2.71. The van der Waals surface area contributed by atoms with Crippen LogP contribution < -0.4 is 0 Å². The molecule has 2 N–H and O–H groups in total. The molecule has 0 saturated carbocycles. The standard InChI is InChI=1S/C15H27NO4/c1-14(2,3)20-13(19)15-6-4-7-16(15)12(5-8-17)11(9-15)10-18/h11-12,17-18H,4-10H2,1-3H3/t11-,12+,15+/m1/s1. The van der Waals surface area contributed by atoms with Crippen LogP contribution in [0.5, 0.6) is 0 Å². The predicted molar refractivity (Wildman–Crippen MR) is 75.2 cm³/mol. The lowest BCUT2D eigenvalue weighted by Crippen LogP contribution is -2.51. The van der Waals surface area contributed by atoms with Gasteiger partial charge in [0.15, 0.2) is 0 Å². The van der Waals surface area contributed by atoms with Crippen LogP contribution in [0.25, 0.3) is 0 Å². The van der Waals surface area contributed by atoms with E-state index in [1.165, 1.54) is 0 Å².